The van der Waals surface area contributed by atoms with Crippen molar-refractivity contribution in [2.24, 2.45) is 0 Å². The average molecular weight is 153 g/mol. The molecule has 1 rings (SSSR count). The Bertz CT molecular complexity index is 104. The van der Waals surface area contributed by atoms with E-state index in [2.05, 4.69) is 0 Å². The van der Waals surface area contributed by atoms with E-state index in [0.717, 1.165) is 6.42 Å². The van der Waals surface area contributed by atoms with Gasteiger partial charge in [0.15, 0.2) is 0 Å². The van der Waals surface area contributed by atoms with E-state index < -0.39 is 12.3 Å². The van der Waals surface area contributed by atoms with Gasteiger partial charge in [-0.15, -0.1) is 0 Å². The van der Waals surface area contributed by atoms with E-state index in [1.54, 1.807) is 0 Å². The first-order valence-corrected chi connectivity index (χ1v) is 3.12. The highest BCUT2D eigenvalue weighted by Gasteiger charge is 2.34. The van der Waals surface area contributed by atoms with Gasteiger partial charge in [0, 0.05) is 6.61 Å². The Balaban J connectivity index is 2.24. The van der Waals surface area contributed by atoms with Crippen molar-refractivity contribution < 1.29 is 17.9 Å². The molecule has 0 saturated carbocycles. The highest BCUT2D eigenvalue weighted by molar-refractivity contribution is 4.86. The lowest BCUT2D eigenvalue weighted by atomic mass is 10.2. The largest absolute Gasteiger partial charge is 0.394 e. The van der Waals surface area contributed by atoms with Crippen LogP contribution >= 0.6 is 0 Å². The Labute approximate surface area is 57.2 Å². The molecule has 0 aromatic carbocycles. The summed E-state index contributed by atoms with van der Waals surface area (Å²) in [4.78, 5) is 0. The summed E-state index contributed by atoms with van der Waals surface area (Å²) < 4.78 is 39.5. The van der Waals surface area contributed by atoms with Crippen molar-refractivity contribution in [2.45, 2.75) is 25.1 Å². The molecule has 1 aliphatic rings. The molecule has 0 aromatic rings. The molecule has 1 atom stereocenters. The molecule has 0 aromatic heterocycles. The van der Waals surface area contributed by atoms with Crippen LogP contribution in [0.25, 0.3) is 0 Å². The first-order chi connectivity index (χ1) is 4.58. The smallest absolute Gasteiger partial charge is 0.378 e. The zero-order valence-electron chi connectivity index (χ0n) is 5.32. The number of ether oxygens (including phenoxy) is 1. The second-order valence-corrected chi connectivity index (χ2v) is 2.26. The minimum atomic E-state index is -4.19. The summed E-state index contributed by atoms with van der Waals surface area (Å²) in [7, 11) is 0. The fraction of sp³-hybridized carbons (Fsp3) is 0.833. The Morgan fingerprint density at radius 1 is 1.40 bits per heavy atom. The summed E-state index contributed by atoms with van der Waals surface area (Å²) in [6.45, 7) is 0.456. The van der Waals surface area contributed by atoms with E-state index in [4.69, 9.17) is 4.74 Å². The van der Waals surface area contributed by atoms with Crippen molar-refractivity contribution in [3.05, 3.63) is 6.42 Å². The third-order valence-electron chi connectivity index (χ3n) is 1.34. The maximum Gasteiger partial charge on any atom is 0.394 e. The number of hydrogen-bond donors (Lipinski definition) is 0. The molecule has 1 unspecified atom stereocenters. The lowest BCUT2D eigenvalue weighted by Crippen LogP contribution is -2.19. The standard InChI is InChI=1S/C6H8F3O/c7-6(8,9)4-5-2-1-3-10-5/h4-5H,1-3H2. The molecule has 0 spiro atoms. The van der Waals surface area contributed by atoms with Crippen LogP contribution in [-0.4, -0.2) is 18.9 Å². The van der Waals surface area contributed by atoms with Crippen LogP contribution in [0, 0.1) is 6.42 Å². The first kappa shape index (κ1) is 7.85. The van der Waals surface area contributed by atoms with Crippen LogP contribution in [0.3, 0.4) is 0 Å². The third kappa shape index (κ3) is 2.56. The molecule has 0 bridgehead atoms. The van der Waals surface area contributed by atoms with Crippen LogP contribution < -0.4 is 0 Å². The molecular weight excluding hydrogens is 145 g/mol. The topological polar surface area (TPSA) is 9.23 Å². The lowest BCUT2D eigenvalue weighted by Gasteiger charge is -2.10. The zero-order chi connectivity index (χ0) is 7.61. The van der Waals surface area contributed by atoms with E-state index in [-0.39, 0.29) is 0 Å². The van der Waals surface area contributed by atoms with Gasteiger partial charge in [-0.05, 0) is 12.8 Å². The van der Waals surface area contributed by atoms with Crippen LogP contribution in [0.4, 0.5) is 13.2 Å². The van der Waals surface area contributed by atoms with Crippen molar-refractivity contribution in [2.75, 3.05) is 6.61 Å². The van der Waals surface area contributed by atoms with Crippen molar-refractivity contribution in [1.29, 1.82) is 0 Å². The summed E-state index contributed by atoms with van der Waals surface area (Å²) in [5.41, 5.74) is 0. The van der Waals surface area contributed by atoms with Crippen LogP contribution in [-0.2, 0) is 4.74 Å². The minimum Gasteiger partial charge on any atom is -0.378 e. The SMILES string of the molecule is FC(F)(F)[CH]C1CCCO1. The van der Waals surface area contributed by atoms with Gasteiger partial charge in [0.25, 0.3) is 0 Å². The normalized spacial score (nSPS) is 27.3. The quantitative estimate of drug-likeness (QED) is 0.559. The van der Waals surface area contributed by atoms with Crippen LogP contribution in [0.5, 0.6) is 0 Å². The fourth-order valence-electron chi connectivity index (χ4n) is 0.945. The van der Waals surface area contributed by atoms with Crippen molar-refractivity contribution >= 4 is 0 Å². The molecule has 59 valence electrons. The summed E-state index contributed by atoms with van der Waals surface area (Å²) in [6.07, 6.45) is -3.34. The number of alkyl halides is 3. The van der Waals surface area contributed by atoms with E-state index in [1.807, 2.05) is 0 Å². The Morgan fingerprint density at radius 2 is 2.10 bits per heavy atom. The van der Waals surface area contributed by atoms with Gasteiger partial charge in [-0.3, -0.25) is 0 Å². The lowest BCUT2D eigenvalue weighted by molar-refractivity contribution is -0.111. The highest BCUT2D eigenvalue weighted by Crippen LogP contribution is 2.26. The minimum absolute atomic E-state index is 0.306. The summed E-state index contributed by atoms with van der Waals surface area (Å²) >= 11 is 0. The molecule has 0 aliphatic carbocycles. The number of hydrogen-bond acceptors (Lipinski definition) is 1. The maximum absolute atomic E-state index is 11.6. The van der Waals surface area contributed by atoms with Gasteiger partial charge in [-0.2, -0.15) is 13.2 Å². The van der Waals surface area contributed by atoms with Crippen molar-refractivity contribution in [3.8, 4) is 0 Å². The van der Waals surface area contributed by atoms with Gasteiger partial charge in [0.05, 0.1) is 12.5 Å². The molecule has 0 amide bonds. The van der Waals surface area contributed by atoms with Crippen LogP contribution in [0.2, 0.25) is 0 Å². The number of halogens is 3. The van der Waals surface area contributed by atoms with Gasteiger partial charge < -0.3 is 4.74 Å². The second-order valence-electron chi connectivity index (χ2n) is 2.26. The van der Waals surface area contributed by atoms with Gasteiger partial charge in [-0.1, -0.05) is 0 Å². The van der Waals surface area contributed by atoms with E-state index >= 15 is 0 Å². The predicted octanol–water partition coefficient (Wildman–Crippen LogP) is 1.93. The van der Waals surface area contributed by atoms with Crippen molar-refractivity contribution in [3.63, 3.8) is 0 Å². The molecule has 1 saturated heterocycles. The van der Waals surface area contributed by atoms with Crippen molar-refractivity contribution in [1.82, 2.24) is 0 Å². The highest BCUT2D eigenvalue weighted by atomic mass is 19.4. The molecule has 1 aliphatic heterocycles. The Morgan fingerprint density at radius 3 is 2.50 bits per heavy atom. The Hall–Kier alpha value is -0.250. The van der Waals surface area contributed by atoms with Gasteiger partial charge >= 0.3 is 6.18 Å². The molecular formula is C6H8F3O. The summed E-state index contributed by atoms with van der Waals surface area (Å²) in [5.74, 6) is 0. The van der Waals surface area contributed by atoms with Gasteiger partial charge in [0.1, 0.15) is 0 Å². The van der Waals surface area contributed by atoms with E-state index in [9.17, 15) is 13.2 Å². The molecule has 1 radical (unpaired) electrons. The van der Waals surface area contributed by atoms with Crippen LogP contribution in [0.1, 0.15) is 12.8 Å². The van der Waals surface area contributed by atoms with Gasteiger partial charge in [0.2, 0.25) is 0 Å². The summed E-state index contributed by atoms with van der Waals surface area (Å²) in [6, 6.07) is 0. The first-order valence-electron chi connectivity index (χ1n) is 3.12. The average Bonchev–Trinajstić information content (AvgIpc) is 2.12. The van der Waals surface area contributed by atoms with Crippen LogP contribution in [0.15, 0.2) is 0 Å². The molecule has 4 heteroatoms. The van der Waals surface area contributed by atoms with Gasteiger partial charge in [-0.25, -0.2) is 0 Å². The van der Waals surface area contributed by atoms with E-state index in [0.29, 0.717) is 19.4 Å². The zero-order valence-corrected chi connectivity index (χ0v) is 5.32. The second kappa shape index (κ2) is 2.78. The maximum atomic E-state index is 11.6. The summed E-state index contributed by atoms with van der Waals surface area (Å²) in [5, 5.41) is 0. The van der Waals surface area contributed by atoms with E-state index in [1.165, 1.54) is 0 Å². The molecule has 1 nitrogen and oxygen atoms in total. The Kier molecular flexibility index (Phi) is 2.18. The number of rotatable bonds is 1. The predicted molar refractivity (Wildman–Crippen MR) is 29.3 cm³/mol. The fourth-order valence-corrected chi connectivity index (χ4v) is 0.945. The monoisotopic (exact) mass is 153 g/mol. The molecule has 1 fully saturated rings. The molecule has 1 heterocycles. The third-order valence-corrected chi connectivity index (χ3v) is 1.34. The molecule has 0 N–H and O–H groups in total. The molecule has 10 heavy (non-hydrogen) atoms.